The van der Waals surface area contributed by atoms with Crippen LogP contribution in [0.25, 0.3) is 11.1 Å². The number of aliphatic hydroxyl groups excluding tert-OH is 1. The standard InChI is InChI=1S/C27H29FN4O5/c1-17(33)25(27(36)31-37)30-26(35)20-9-7-18(8-10-20)19-11-13-22(14-12-19)29-24(34)16-32(2)15-21-5-3-4-6-23(21)28/h3-14,17,25,33,37H,15-16H2,1-2H3,(H,29,34)(H,30,35)(H,31,36)/t17-,25+/m1/s1. The molecule has 0 saturated heterocycles. The van der Waals surface area contributed by atoms with Crippen molar-refractivity contribution in [2.24, 2.45) is 0 Å². The Hall–Kier alpha value is -4.12. The lowest BCUT2D eigenvalue weighted by Gasteiger charge is -2.19. The van der Waals surface area contributed by atoms with Gasteiger partial charge in [-0.15, -0.1) is 0 Å². The molecule has 2 atom stereocenters. The minimum Gasteiger partial charge on any atom is -0.391 e. The van der Waals surface area contributed by atoms with Crippen LogP contribution < -0.4 is 16.1 Å². The summed E-state index contributed by atoms with van der Waals surface area (Å²) in [6, 6.07) is 18.9. The molecule has 3 aromatic rings. The number of hydroxylamine groups is 1. The Labute approximate surface area is 213 Å². The zero-order chi connectivity index (χ0) is 26.9. The first kappa shape index (κ1) is 27.5. The molecule has 0 aromatic heterocycles. The fourth-order valence-electron chi connectivity index (χ4n) is 3.68. The number of aliphatic hydroxyl groups is 1. The number of hydrogen-bond donors (Lipinski definition) is 5. The fraction of sp³-hybridized carbons (Fsp3) is 0.222. The van der Waals surface area contributed by atoms with E-state index < -0.39 is 24.0 Å². The maximum atomic E-state index is 13.8. The van der Waals surface area contributed by atoms with E-state index in [9.17, 15) is 23.9 Å². The van der Waals surface area contributed by atoms with Gasteiger partial charge in [-0.1, -0.05) is 42.5 Å². The van der Waals surface area contributed by atoms with Crippen LogP contribution in [0.5, 0.6) is 0 Å². The maximum Gasteiger partial charge on any atom is 0.268 e. The second-order valence-corrected chi connectivity index (χ2v) is 8.63. The SMILES string of the molecule is C[C@@H](O)[C@H](NC(=O)c1ccc(-c2ccc(NC(=O)CN(C)Cc3ccccc3F)cc2)cc1)C(=O)NO. The van der Waals surface area contributed by atoms with Crippen LogP contribution in [0.2, 0.25) is 0 Å². The van der Waals surface area contributed by atoms with Gasteiger partial charge < -0.3 is 15.7 Å². The van der Waals surface area contributed by atoms with Crippen molar-refractivity contribution < 1.29 is 29.1 Å². The van der Waals surface area contributed by atoms with Crippen LogP contribution in [-0.2, 0) is 16.1 Å². The molecule has 3 amide bonds. The van der Waals surface area contributed by atoms with E-state index in [1.165, 1.54) is 18.5 Å². The van der Waals surface area contributed by atoms with Gasteiger partial charge in [-0.05, 0) is 55.4 Å². The summed E-state index contributed by atoms with van der Waals surface area (Å²) in [6.07, 6.45) is -1.21. The summed E-state index contributed by atoms with van der Waals surface area (Å²) in [5, 5.41) is 23.6. The van der Waals surface area contributed by atoms with E-state index in [1.54, 1.807) is 66.5 Å². The Kier molecular flexibility index (Phi) is 9.45. The van der Waals surface area contributed by atoms with Crippen LogP contribution in [0.1, 0.15) is 22.8 Å². The minimum absolute atomic E-state index is 0.0928. The number of carbonyl (C=O) groups excluding carboxylic acids is 3. The second-order valence-electron chi connectivity index (χ2n) is 8.63. The Morgan fingerprint density at radius 3 is 2.11 bits per heavy atom. The number of anilines is 1. The number of halogens is 1. The summed E-state index contributed by atoms with van der Waals surface area (Å²) in [4.78, 5) is 38.2. The molecule has 37 heavy (non-hydrogen) atoms. The highest BCUT2D eigenvalue weighted by Gasteiger charge is 2.25. The van der Waals surface area contributed by atoms with E-state index in [0.29, 0.717) is 17.8 Å². The van der Waals surface area contributed by atoms with Crippen molar-refractivity contribution in [3.05, 3.63) is 89.7 Å². The van der Waals surface area contributed by atoms with E-state index in [-0.39, 0.29) is 23.8 Å². The molecular weight excluding hydrogens is 479 g/mol. The van der Waals surface area contributed by atoms with Gasteiger partial charge in [0, 0.05) is 23.4 Å². The number of nitrogens with one attached hydrogen (secondary N) is 3. The van der Waals surface area contributed by atoms with Crippen molar-refractivity contribution in [3.63, 3.8) is 0 Å². The summed E-state index contributed by atoms with van der Waals surface area (Å²) >= 11 is 0. The highest BCUT2D eigenvalue weighted by atomic mass is 19.1. The number of nitrogens with zero attached hydrogens (tertiary/aromatic N) is 1. The molecule has 0 aliphatic heterocycles. The van der Waals surface area contributed by atoms with Crippen LogP contribution in [0, 0.1) is 5.82 Å². The van der Waals surface area contributed by atoms with Crippen molar-refractivity contribution in [2.45, 2.75) is 25.6 Å². The molecule has 0 fully saturated rings. The number of amides is 3. The number of likely N-dealkylation sites (N-methyl/N-ethyl adjacent to an activating group) is 1. The highest BCUT2D eigenvalue weighted by Crippen LogP contribution is 2.22. The number of benzene rings is 3. The summed E-state index contributed by atoms with van der Waals surface area (Å²) in [6.45, 7) is 1.72. The van der Waals surface area contributed by atoms with Crippen LogP contribution in [0.3, 0.4) is 0 Å². The molecule has 9 nitrogen and oxygen atoms in total. The average Bonchev–Trinajstić information content (AvgIpc) is 2.88. The molecule has 0 aliphatic carbocycles. The van der Waals surface area contributed by atoms with E-state index >= 15 is 0 Å². The molecule has 0 unspecified atom stereocenters. The van der Waals surface area contributed by atoms with Gasteiger partial charge in [0.1, 0.15) is 11.9 Å². The van der Waals surface area contributed by atoms with Crippen molar-refractivity contribution >= 4 is 23.4 Å². The van der Waals surface area contributed by atoms with E-state index in [2.05, 4.69) is 10.6 Å². The number of carbonyl (C=O) groups is 3. The molecule has 0 bridgehead atoms. The molecule has 0 heterocycles. The number of rotatable bonds is 10. The zero-order valence-electron chi connectivity index (χ0n) is 20.4. The van der Waals surface area contributed by atoms with Crippen molar-refractivity contribution in [1.82, 2.24) is 15.7 Å². The lowest BCUT2D eigenvalue weighted by molar-refractivity contribution is -0.133. The van der Waals surface area contributed by atoms with Crippen molar-refractivity contribution in [2.75, 3.05) is 18.9 Å². The lowest BCUT2D eigenvalue weighted by atomic mass is 10.0. The normalized spacial score (nSPS) is 12.5. The topological polar surface area (TPSA) is 131 Å². The molecule has 3 aromatic carbocycles. The summed E-state index contributed by atoms with van der Waals surface area (Å²) in [7, 11) is 1.74. The van der Waals surface area contributed by atoms with Gasteiger partial charge in [0.15, 0.2) is 0 Å². The second kappa shape index (κ2) is 12.7. The molecule has 5 N–H and O–H groups in total. The largest absolute Gasteiger partial charge is 0.391 e. The highest BCUT2D eigenvalue weighted by molar-refractivity contribution is 5.98. The Morgan fingerprint density at radius 2 is 1.54 bits per heavy atom. The lowest BCUT2D eigenvalue weighted by Crippen LogP contribution is -2.51. The average molecular weight is 509 g/mol. The third-order valence-electron chi connectivity index (χ3n) is 5.62. The fourth-order valence-corrected chi connectivity index (χ4v) is 3.68. The van der Waals surface area contributed by atoms with E-state index in [4.69, 9.17) is 5.21 Å². The van der Waals surface area contributed by atoms with Crippen LogP contribution in [-0.4, -0.2) is 58.7 Å². The third-order valence-corrected chi connectivity index (χ3v) is 5.62. The first-order valence-electron chi connectivity index (χ1n) is 11.5. The minimum atomic E-state index is -1.31. The van der Waals surface area contributed by atoms with Gasteiger partial charge >= 0.3 is 0 Å². The predicted molar refractivity (Wildman–Crippen MR) is 136 cm³/mol. The van der Waals surface area contributed by atoms with Gasteiger partial charge in [0.2, 0.25) is 5.91 Å². The molecule has 10 heteroatoms. The van der Waals surface area contributed by atoms with Crippen molar-refractivity contribution in [1.29, 1.82) is 0 Å². The molecule has 3 rings (SSSR count). The quantitative estimate of drug-likeness (QED) is 0.211. The summed E-state index contributed by atoms with van der Waals surface area (Å²) < 4.78 is 13.8. The molecule has 0 saturated carbocycles. The van der Waals surface area contributed by atoms with Crippen LogP contribution in [0.4, 0.5) is 10.1 Å². The monoisotopic (exact) mass is 508 g/mol. The zero-order valence-corrected chi connectivity index (χ0v) is 20.4. The van der Waals surface area contributed by atoms with Gasteiger partial charge in [0.25, 0.3) is 11.8 Å². The molecule has 194 valence electrons. The van der Waals surface area contributed by atoms with E-state index in [0.717, 1.165) is 11.1 Å². The summed E-state index contributed by atoms with van der Waals surface area (Å²) in [5.41, 5.74) is 4.48. The van der Waals surface area contributed by atoms with Crippen LogP contribution in [0.15, 0.2) is 72.8 Å². The molecular formula is C27H29FN4O5. The Morgan fingerprint density at radius 1 is 0.946 bits per heavy atom. The smallest absolute Gasteiger partial charge is 0.268 e. The first-order valence-corrected chi connectivity index (χ1v) is 11.5. The van der Waals surface area contributed by atoms with Gasteiger partial charge in [-0.25, -0.2) is 9.87 Å². The first-order chi connectivity index (χ1) is 17.7. The molecule has 0 aliphatic rings. The number of hydrogen-bond acceptors (Lipinski definition) is 6. The van der Waals surface area contributed by atoms with E-state index in [1.807, 2.05) is 12.1 Å². The summed E-state index contributed by atoms with van der Waals surface area (Å²) in [5.74, 6) is -2.05. The molecule has 0 radical (unpaired) electrons. The molecule has 0 spiro atoms. The van der Waals surface area contributed by atoms with Gasteiger partial charge in [-0.2, -0.15) is 0 Å². The maximum absolute atomic E-state index is 13.8. The van der Waals surface area contributed by atoms with Crippen LogP contribution >= 0.6 is 0 Å². The Bertz CT molecular complexity index is 1230. The van der Waals surface area contributed by atoms with Gasteiger partial charge in [-0.3, -0.25) is 24.5 Å². The Balaban J connectivity index is 1.56. The third kappa shape index (κ3) is 7.68. The predicted octanol–water partition coefficient (Wildman–Crippen LogP) is 2.55. The van der Waals surface area contributed by atoms with Crippen molar-refractivity contribution in [3.8, 4) is 11.1 Å². The van der Waals surface area contributed by atoms with Gasteiger partial charge in [0.05, 0.1) is 12.6 Å².